The van der Waals surface area contributed by atoms with Crippen molar-refractivity contribution >= 4 is 33.3 Å². The Hall–Kier alpha value is -1.13. The van der Waals surface area contributed by atoms with Crippen molar-refractivity contribution in [2.75, 3.05) is 0 Å². The third-order valence-electron chi connectivity index (χ3n) is 2.84. The van der Waals surface area contributed by atoms with Gasteiger partial charge in [-0.1, -0.05) is 24.6 Å². The van der Waals surface area contributed by atoms with Crippen LogP contribution in [-0.2, 0) is 13.0 Å². The van der Waals surface area contributed by atoms with Crippen molar-refractivity contribution in [1.82, 2.24) is 9.55 Å². The van der Waals surface area contributed by atoms with Crippen LogP contribution in [0.4, 0.5) is 0 Å². The van der Waals surface area contributed by atoms with E-state index >= 15 is 0 Å². The summed E-state index contributed by atoms with van der Waals surface area (Å²) in [7, 11) is 0. The van der Waals surface area contributed by atoms with Crippen LogP contribution in [0.1, 0.15) is 29.5 Å². The molecule has 0 saturated carbocycles. The van der Waals surface area contributed by atoms with E-state index in [9.17, 15) is 4.79 Å². The minimum absolute atomic E-state index is 0.0187. The number of nitrogens with zero attached hydrogens (tertiary/aromatic N) is 2. The fourth-order valence-electron chi connectivity index (χ4n) is 1.91. The van der Waals surface area contributed by atoms with Crippen molar-refractivity contribution < 1.29 is 4.79 Å². The van der Waals surface area contributed by atoms with E-state index in [1.807, 2.05) is 22.9 Å². The highest BCUT2D eigenvalue weighted by Crippen LogP contribution is 2.26. The predicted octanol–water partition coefficient (Wildman–Crippen LogP) is 4.13. The van der Waals surface area contributed by atoms with E-state index in [1.54, 1.807) is 12.3 Å². The van der Waals surface area contributed by atoms with Crippen LogP contribution in [0.15, 0.2) is 35.1 Å². The lowest BCUT2D eigenvalue weighted by Crippen LogP contribution is -2.10. The molecule has 0 radical (unpaired) electrons. The van der Waals surface area contributed by atoms with Gasteiger partial charge in [0, 0.05) is 29.0 Å². The van der Waals surface area contributed by atoms with Gasteiger partial charge in [-0.25, -0.2) is 4.98 Å². The molecule has 0 bridgehead atoms. The van der Waals surface area contributed by atoms with Crippen molar-refractivity contribution in [3.63, 3.8) is 0 Å². The third-order valence-corrected chi connectivity index (χ3v) is 4.13. The third kappa shape index (κ3) is 3.25. The fourth-order valence-corrected chi connectivity index (χ4v) is 2.51. The zero-order valence-electron chi connectivity index (χ0n) is 10.6. The van der Waals surface area contributed by atoms with Gasteiger partial charge in [0.25, 0.3) is 0 Å². The first-order valence-electron chi connectivity index (χ1n) is 6.10. The van der Waals surface area contributed by atoms with Gasteiger partial charge >= 0.3 is 0 Å². The molecular formula is C14H14BrClN2O. The molecule has 0 aliphatic heterocycles. The van der Waals surface area contributed by atoms with Crippen LogP contribution in [0.2, 0.25) is 5.02 Å². The van der Waals surface area contributed by atoms with E-state index in [0.29, 0.717) is 10.6 Å². The number of carbonyl (C=O) groups excluding carboxylic acids is 1. The maximum atomic E-state index is 12.3. The summed E-state index contributed by atoms with van der Waals surface area (Å²) in [5.74, 6) is 0.762. The Kier molecular flexibility index (Phi) is 4.77. The number of imidazole rings is 1. The molecule has 2 rings (SSSR count). The number of hydrogen-bond donors (Lipinski definition) is 0. The number of hydrogen-bond acceptors (Lipinski definition) is 2. The first kappa shape index (κ1) is 14.3. The Bertz CT molecular complexity index is 595. The van der Waals surface area contributed by atoms with E-state index in [1.165, 1.54) is 0 Å². The molecule has 1 heterocycles. The van der Waals surface area contributed by atoms with Crippen molar-refractivity contribution in [2.45, 2.75) is 26.3 Å². The lowest BCUT2D eigenvalue weighted by atomic mass is 10.1. The number of aryl methyl sites for hydroxylation is 1. The summed E-state index contributed by atoms with van der Waals surface area (Å²) in [6.07, 6.45) is 4.90. The highest BCUT2D eigenvalue weighted by molar-refractivity contribution is 9.10. The van der Waals surface area contributed by atoms with Crippen LogP contribution in [-0.4, -0.2) is 15.3 Å². The molecule has 0 aliphatic carbocycles. The van der Waals surface area contributed by atoms with Crippen LogP contribution >= 0.6 is 27.5 Å². The molecular weight excluding hydrogens is 328 g/mol. The zero-order chi connectivity index (χ0) is 13.8. The molecule has 0 amide bonds. The van der Waals surface area contributed by atoms with E-state index in [-0.39, 0.29) is 12.2 Å². The average molecular weight is 342 g/mol. The van der Waals surface area contributed by atoms with Gasteiger partial charge in [-0.15, -0.1) is 0 Å². The van der Waals surface area contributed by atoms with Gasteiger partial charge in [-0.3, -0.25) is 4.79 Å². The lowest BCUT2D eigenvalue weighted by Gasteiger charge is -2.07. The van der Waals surface area contributed by atoms with Gasteiger partial charge in [0.2, 0.25) is 0 Å². The van der Waals surface area contributed by atoms with Gasteiger partial charge in [-0.05, 0) is 34.5 Å². The second kappa shape index (κ2) is 6.35. The summed E-state index contributed by atoms with van der Waals surface area (Å²) in [6, 6.07) is 5.36. The minimum Gasteiger partial charge on any atom is -0.335 e. The molecule has 0 N–H and O–H groups in total. The Morgan fingerprint density at radius 1 is 1.47 bits per heavy atom. The molecule has 1 aromatic heterocycles. The average Bonchev–Trinajstić information content (AvgIpc) is 2.80. The van der Waals surface area contributed by atoms with Gasteiger partial charge in [-0.2, -0.15) is 0 Å². The maximum Gasteiger partial charge on any atom is 0.171 e. The topological polar surface area (TPSA) is 34.9 Å². The SMILES string of the molecule is CCCn1ccnc1CC(=O)c1cccc(Br)c1Cl. The standard InChI is InChI=1S/C14H14BrClN2O/c1-2-7-18-8-6-17-13(18)9-12(19)10-4-3-5-11(15)14(10)16/h3-6,8H,2,7,9H2,1H3. The molecule has 0 spiro atoms. The van der Waals surface area contributed by atoms with Crippen LogP contribution < -0.4 is 0 Å². The Labute approximate surface area is 125 Å². The van der Waals surface area contributed by atoms with Crippen molar-refractivity contribution in [3.8, 4) is 0 Å². The minimum atomic E-state index is -0.0187. The van der Waals surface area contributed by atoms with Gasteiger partial charge < -0.3 is 4.57 Å². The molecule has 0 atom stereocenters. The summed E-state index contributed by atoms with van der Waals surface area (Å²) < 4.78 is 2.74. The second-order valence-electron chi connectivity index (χ2n) is 4.24. The van der Waals surface area contributed by atoms with Gasteiger partial charge in [0.05, 0.1) is 11.4 Å². The Morgan fingerprint density at radius 2 is 2.26 bits per heavy atom. The molecule has 2 aromatic rings. The molecule has 5 heteroatoms. The monoisotopic (exact) mass is 340 g/mol. The Morgan fingerprint density at radius 3 is 3.00 bits per heavy atom. The molecule has 0 fully saturated rings. The fraction of sp³-hybridized carbons (Fsp3) is 0.286. The summed E-state index contributed by atoms with van der Waals surface area (Å²) >= 11 is 9.46. The molecule has 0 aliphatic rings. The van der Waals surface area contributed by atoms with E-state index < -0.39 is 0 Å². The number of rotatable bonds is 5. The number of ketones is 1. The van der Waals surface area contributed by atoms with Crippen LogP contribution in [0.3, 0.4) is 0 Å². The quantitative estimate of drug-likeness (QED) is 0.766. The second-order valence-corrected chi connectivity index (χ2v) is 5.47. The van der Waals surface area contributed by atoms with Crippen molar-refractivity contribution in [2.24, 2.45) is 0 Å². The van der Waals surface area contributed by atoms with E-state index in [0.717, 1.165) is 23.3 Å². The predicted molar refractivity (Wildman–Crippen MR) is 79.7 cm³/mol. The summed E-state index contributed by atoms with van der Waals surface area (Å²) in [5, 5.41) is 0.459. The number of Topliss-reactive ketones (excluding diaryl/α,β-unsaturated/α-hetero) is 1. The normalized spacial score (nSPS) is 10.7. The zero-order valence-corrected chi connectivity index (χ0v) is 12.9. The number of carbonyl (C=O) groups is 1. The summed E-state index contributed by atoms with van der Waals surface area (Å²) in [4.78, 5) is 16.5. The Balaban J connectivity index is 2.21. The number of aromatic nitrogens is 2. The smallest absolute Gasteiger partial charge is 0.171 e. The lowest BCUT2D eigenvalue weighted by molar-refractivity contribution is 0.0989. The highest BCUT2D eigenvalue weighted by Gasteiger charge is 2.15. The van der Waals surface area contributed by atoms with Crippen molar-refractivity contribution in [3.05, 3.63) is 51.5 Å². The molecule has 3 nitrogen and oxygen atoms in total. The molecule has 19 heavy (non-hydrogen) atoms. The number of halogens is 2. The summed E-state index contributed by atoms with van der Waals surface area (Å²) in [6.45, 7) is 2.96. The van der Waals surface area contributed by atoms with Crippen LogP contribution in [0.5, 0.6) is 0 Å². The first-order chi connectivity index (χ1) is 9.13. The maximum absolute atomic E-state index is 12.3. The number of benzene rings is 1. The van der Waals surface area contributed by atoms with Crippen LogP contribution in [0.25, 0.3) is 0 Å². The first-order valence-corrected chi connectivity index (χ1v) is 7.27. The molecule has 100 valence electrons. The van der Waals surface area contributed by atoms with E-state index in [4.69, 9.17) is 11.6 Å². The van der Waals surface area contributed by atoms with Crippen LogP contribution in [0, 0.1) is 0 Å². The molecule has 0 unspecified atom stereocenters. The van der Waals surface area contributed by atoms with Gasteiger partial charge in [0.15, 0.2) is 5.78 Å². The molecule has 0 saturated heterocycles. The molecule has 1 aromatic carbocycles. The summed E-state index contributed by atoms with van der Waals surface area (Å²) in [5.41, 5.74) is 0.530. The largest absolute Gasteiger partial charge is 0.335 e. The van der Waals surface area contributed by atoms with Crippen molar-refractivity contribution in [1.29, 1.82) is 0 Å². The van der Waals surface area contributed by atoms with E-state index in [2.05, 4.69) is 27.8 Å². The van der Waals surface area contributed by atoms with Gasteiger partial charge in [0.1, 0.15) is 5.82 Å². The highest BCUT2D eigenvalue weighted by atomic mass is 79.9.